The molecule has 0 nitrogen and oxygen atoms in total. The number of benzene rings is 3. The maximum atomic E-state index is 3.47. The lowest BCUT2D eigenvalue weighted by molar-refractivity contribution is 1.31. The largest absolute Gasteiger partial charge is 0.0901 e. The van der Waals surface area contributed by atoms with E-state index in [2.05, 4.69) is 105 Å². The van der Waals surface area contributed by atoms with Crippen molar-refractivity contribution in [2.24, 2.45) is 0 Å². The highest BCUT2D eigenvalue weighted by Crippen LogP contribution is 2.34. The molecule has 0 fully saturated rings. The van der Waals surface area contributed by atoms with Crippen LogP contribution in [0.15, 0.2) is 101 Å². The monoisotopic (exact) mass is 450 g/mol. The van der Waals surface area contributed by atoms with Crippen LogP contribution in [0.4, 0.5) is 0 Å². The van der Waals surface area contributed by atoms with Gasteiger partial charge in [-0.1, -0.05) is 61.5 Å². The topological polar surface area (TPSA) is 0 Å². The molecular weight excluding hydrogens is 440 g/mol. The van der Waals surface area contributed by atoms with Crippen LogP contribution >= 0.6 is 55.4 Å². The molecule has 0 aromatic heterocycles. The molecule has 3 aromatic rings. The van der Waals surface area contributed by atoms with Gasteiger partial charge in [0.05, 0.1) is 0 Å². The van der Waals surface area contributed by atoms with Crippen molar-refractivity contribution in [1.82, 2.24) is 0 Å². The maximum Gasteiger partial charge on any atom is 0.0176 e. The molecule has 0 N–H and O–H groups in total. The summed E-state index contributed by atoms with van der Waals surface area (Å²) in [6.07, 6.45) is 0. The van der Waals surface area contributed by atoms with Crippen LogP contribution in [0.5, 0.6) is 0 Å². The van der Waals surface area contributed by atoms with E-state index in [1.54, 1.807) is 23.5 Å². The zero-order valence-corrected chi connectivity index (χ0v) is 16.3. The molecule has 0 amide bonds. The molecule has 0 spiro atoms. The van der Waals surface area contributed by atoms with Crippen LogP contribution < -0.4 is 0 Å². The third-order valence-corrected chi connectivity index (χ3v) is 5.96. The van der Waals surface area contributed by atoms with Crippen molar-refractivity contribution >= 4 is 55.4 Å². The lowest BCUT2D eigenvalue weighted by Crippen LogP contribution is -1.77. The molecule has 0 aliphatic heterocycles. The van der Waals surface area contributed by atoms with Crippen molar-refractivity contribution in [1.29, 1.82) is 0 Å². The Bertz CT molecular complexity index is 690. The molecule has 0 heterocycles. The second kappa shape index (κ2) is 7.73. The summed E-state index contributed by atoms with van der Waals surface area (Å²) in [5.41, 5.74) is 0. The predicted molar refractivity (Wildman–Crippen MR) is 103 cm³/mol. The highest BCUT2D eigenvalue weighted by Gasteiger charge is 2.02. The first-order valence-electron chi connectivity index (χ1n) is 6.66. The van der Waals surface area contributed by atoms with Gasteiger partial charge in [-0.25, -0.2) is 0 Å². The summed E-state index contributed by atoms with van der Waals surface area (Å²) in [5, 5.41) is 0. The van der Waals surface area contributed by atoms with Gasteiger partial charge in [-0.3, -0.25) is 0 Å². The quantitative estimate of drug-likeness (QED) is 0.402. The van der Waals surface area contributed by atoms with Crippen molar-refractivity contribution in [2.75, 3.05) is 0 Å². The van der Waals surface area contributed by atoms with Crippen LogP contribution in [0.3, 0.4) is 0 Å². The molecule has 0 aliphatic rings. The van der Waals surface area contributed by atoms with Gasteiger partial charge in [-0.05, 0) is 66.7 Å². The third kappa shape index (κ3) is 4.66. The molecule has 4 heteroatoms. The van der Waals surface area contributed by atoms with Crippen molar-refractivity contribution < 1.29 is 0 Å². The van der Waals surface area contributed by atoms with Gasteiger partial charge >= 0.3 is 0 Å². The maximum absolute atomic E-state index is 3.47. The second-order valence-corrected chi connectivity index (χ2v) is 8.71. The van der Waals surface area contributed by atoms with Crippen molar-refractivity contribution in [2.45, 2.75) is 19.6 Å². The summed E-state index contributed by atoms with van der Waals surface area (Å²) in [5.74, 6) is 0. The zero-order chi connectivity index (χ0) is 15.4. The molecule has 22 heavy (non-hydrogen) atoms. The van der Waals surface area contributed by atoms with Crippen LogP contribution in [0.2, 0.25) is 0 Å². The summed E-state index contributed by atoms with van der Waals surface area (Å²) in [4.78, 5) is 5.00. The summed E-state index contributed by atoms with van der Waals surface area (Å²) in [6.45, 7) is 0. The first-order chi connectivity index (χ1) is 10.7. The van der Waals surface area contributed by atoms with Crippen LogP contribution in [-0.4, -0.2) is 0 Å². The van der Waals surface area contributed by atoms with E-state index < -0.39 is 0 Å². The number of hydrogen-bond acceptors (Lipinski definition) is 2. The molecule has 0 saturated heterocycles. The third-order valence-electron chi connectivity index (χ3n) is 2.90. The van der Waals surface area contributed by atoms with Gasteiger partial charge in [0.2, 0.25) is 0 Å². The average Bonchev–Trinajstić information content (AvgIpc) is 2.52. The summed E-state index contributed by atoms with van der Waals surface area (Å²) in [7, 11) is 0. The van der Waals surface area contributed by atoms with Crippen LogP contribution in [0.1, 0.15) is 0 Å². The first-order valence-corrected chi connectivity index (χ1v) is 9.88. The Morgan fingerprint density at radius 1 is 0.500 bits per heavy atom. The summed E-state index contributed by atoms with van der Waals surface area (Å²) >= 11 is 10.5. The fourth-order valence-corrected chi connectivity index (χ4v) is 4.24. The van der Waals surface area contributed by atoms with Crippen LogP contribution in [0, 0.1) is 0 Å². The Balaban J connectivity index is 1.74. The van der Waals surface area contributed by atoms with Crippen LogP contribution in [0.25, 0.3) is 0 Å². The molecule has 3 aromatic carbocycles. The van der Waals surface area contributed by atoms with Crippen molar-refractivity contribution in [3.63, 3.8) is 0 Å². The molecule has 0 saturated carbocycles. The van der Waals surface area contributed by atoms with Gasteiger partial charge in [0.1, 0.15) is 0 Å². The van der Waals surface area contributed by atoms with E-state index in [1.807, 2.05) is 0 Å². The standard InChI is InChI=1S/C18H12Br2S2/c19-13-4-8-15(9-5-13)21-17-2-1-3-18(12-17)22-16-10-6-14(20)7-11-16/h1-12H. The minimum absolute atomic E-state index is 1.11. The van der Waals surface area contributed by atoms with Gasteiger partial charge in [-0.15, -0.1) is 0 Å². The van der Waals surface area contributed by atoms with Crippen molar-refractivity contribution in [3.05, 3.63) is 81.7 Å². The Kier molecular flexibility index (Phi) is 5.69. The molecular formula is C18H12Br2S2. The van der Waals surface area contributed by atoms with Crippen molar-refractivity contribution in [3.8, 4) is 0 Å². The minimum Gasteiger partial charge on any atom is -0.0901 e. The lowest BCUT2D eigenvalue weighted by atomic mass is 10.4. The Labute approximate surface area is 156 Å². The van der Waals surface area contributed by atoms with Crippen LogP contribution in [-0.2, 0) is 0 Å². The first kappa shape index (κ1) is 16.2. The predicted octanol–water partition coefficient (Wildman–Crippen LogP) is 7.51. The van der Waals surface area contributed by atoms with E-state index in [9.17, 15) is 0 Å². The van der Waals surface area contributed by atoms with E-state index >= 15 is 0 Å². The summed E-state index contributed by atoms with van der Waals surface area (Å²) in [6, 6.07) is 25.5. The minimum atomic E-state index is 1.11. The van der Waals surface area contributed by atoms with E-state index in [4.69, 9.17) is 0 Å². The number of hydrogen-bond donors (Lipinski definition) is 0. The fourth-order valence-electron chi connectivity index (χ4n) is 1.88. The Morgan fingerprint density at radius 3 is 1.32 bits per heavy atom. The van der Waals surface area contributed by atoms with Gasteiger partial charge in [0.15, 0.2) is 0 Å². The number of halogens is 2. The molecule has 0 aliphatic carbocycles. The highest BCUT2D eigenvalue weighted by atomic mass is 79.9. The SMILES string of the molecule is Brc1ccc(Sc2cccc(Sc3ccc(Br)cc3)c2)cc1. The van der Waals surface area contributed by atoms with Gasteiger partial charge < -0.3 is 0 Å². The van der Waals surface area contributed by atoms with E-state index in [0.29, 0.717) is 0 Å². The average molecular weight is 452 g/mol. The van der Waals surface area contributed by atoms with Gasteiger partial charge in [-0.2, -0.15) is 0 Å². The molecule has 0 atom stereocenters. The second-order valence-electron chi connectivity index (χ2n) is 4.59. The zero-order valence-electron chi connectivity index (χ0n) is 11.5. The molecule has 0 unspecified atom stereocenters. The molecule has 3 rings (SSSR count). The number of rotatable bonds is 4. The molecule has 110 valence electrons. The normalized spacial score (nSPS) is 10.6. The van der Waals surface area contributed by atoms with E-state index in [-0.39, 0.29) is 0 Å². The summed E-state index contributed by atoms with van der Waals surface area (Å²) < 4.78 is 2.22. The fraction of sp³-hybridized carbons (Fsp3) is 0. The Hall–Kier alpha value is -0.680. The van der Waals surface area contributed by atoms with E-state index in [1.165, 1.54) is 19.6 Å². The highest BCUT2D eigenvalue weighted by molar-refractivity contribution is 9.10. The Morgan fingerprint density at radius 2 is 0.909 bits per heavy atom. The molecule has 0 bridgehead atoms. The van der Waals surface area contributed by atoms with Gasteiger partial charge in [0, 0.05) is 28.5 Å². The molecule has 0 radical (unpaired) electrons. The smallest absolute Gasteiger partial charge is 0.0176 e. The lowest BCUT2D eigenvalue weighted by Gasteiger charge is -2.06. The van der Waals surface area contributed by atoms with E-state index in [0.717, 1.165) is 8.95 Å². The van der Waals surface area contributed by atoms with Gasteiger partial charge in [0.25, 0.3) is 0 Å².